The van der Waals surface area contributed by atoms with Gasteiger partial charge in [-0.15, -0.1) is 0 Å². The Morgan fingerprint density at radius 3 is 2.33 bits per heavy atom. The minimum absolute atomic E-state index is 0.219. The summed E-state index contributed by atoms with van der Waals surface area (Å²) in [6.45, 7) is 0. The molecular formula is CH4ClN3S. The quantitative estimate of drug-likeness (QED) is 0.177. The fourth-order valence-corrected chi connectivity index (χ4v) is 0.0818. The standard InChI is InChI=1S/CH4ClN3S/c2-4-1(6)5-3/h3H2,(H2,4,5,6). The Morgan fingerprint density at radius 1 is 1.83 bits per heavy atom. The third-order valence-corrected chi connectivity index (χ3v) is 0.738. The molecule has 0 saturated carbocycles. The summed E-state index contributed by atoms with van der Waals surface area (Å²) < 4.78 is 0. The SMILES string of the molecule is NNC(=S)NCl. The number of hydrogen-bond acceptors (Lipinski definition) is 2. The first-order valence-corrected chi connectivity index (χ1v) is 1.97. The van der Waals surface area contributed by atoms with Crippen LogP contribution in [0.3, 0.4) is 0 Å². The molecule has 0 amide bonds. The zero-order valence-electron chi connectivity index (χ0n) is 2.86. The molecule has 0 aromatic carbocycles. The molecule has 0 fully saturated rings. The molecule has 0 aromatic heterocycles. The number of halogens is 1. The number of hydrogen-bond donors (Lipinski definition) is 3. The molecule has 0 heterocycles. The van der Waals surface area contributed by atoms with E-state index >= 15 is 0 Å². The first kappa shape index (κ1) is 5.94. The van der Waals surface area contributed by atoms with E-state index < -0.39 is 0 Å². The molecular weight excluding hydrogens is 122 g/mol. The predicted octanol–water partition coefficient (Wildman–Crippen LogP) is -0.522. The van der Waals surface area contributed by atoms with E-state index in [9.17, 15) is 0 Å². The Kier molecular flexibility index (Phi) is 3.11. The zero-order chi connectivity index (χ0) is 4.99. The van der Waals surface area contributed by atoms with Crippen LogP contribution in [-0.4, -0.2) is 5.11 Å². The van der Waals surface area contributed by atoms with Crippen LogP contribution in [0.5, 0.6) is 0 Å². The summed E-state index contributed by atoms with van der Waals surface area (Å²) in [6.07, 6.45) is 0. The Bertz CT molecular complexity index is 48.8. The number of thiocarbonyl (C=S) groups is 1. The molecule has 3 nitrogen and oxygen atoms in total. The van der Waals surface area contributed by atoms with Gasteiger partial charge in [0, 0.05) is 11.8 Å². The Hall–Kier alpha value is -0.0600. The highest BCUT2D eigenvalue weighted by Crippen LogP contribution is 1.60. The highest BCUT2D eigenvalue weighted by Gasteiger charge is 1.78. The third-order valence-electron chi connectivity index (χ3n) is 0.217. The van der Waals surface area contributed by atoms with Gasteiger partial charge < -0.3 is 5.43 Å². The van der Waals surface area contributed by atoms with Crippen molar-refractivity contribution in [2.45, 2.75) is 0 Å². The molecule has 36 valence electrons. The van der Waals surface area contributed by atoms with Crippen LogP contribution in [0.2, 0.25) is 0 Å². The summed E-state index contributed by atoms with van der Waals surface area (Å²) >= 11 is 9.30. The smallest absolute Gasteiger partial charge is 0.195 e. The van der Waals surface area contributed by atoms with Gasteiger partial charge in [0.2, 0.25) is 0 Å². The van der Waals surface area contributed by atoms with Crippen LogP contribution in [0.15, 0.2) is 0 Å². The van der Waals surface area contributed by atoms with Gasteiger partial charge in [-0.1, -0.05) is 0 Å². The van der Waals surface area contributed by atoms with Crippen molar-refractivity contribution in [2.75, 3.05) is 0 Å². The van der Waals surface area contributed by atoms with Crippen molar-refractivity contribution in [1.82, 2.24) is 10.3 Å². The monoisotopic (exact) mass is 125 g/mol. The van der Waals surface area contributed by atoms with Gasteiger partial charge in [0.25, 0.3) is 0 Å². The minimum Gasteiger partial charge on any atom is -0.300 e. The normalized spacial score (nSPS) is 7.00. The Morgan fingerprint density at radius 2 is 2.33 bits per heavy atom. The number of nitrogens with two attached hydrogens (primary N) is 1. The average Bonchev–Trinajstić information content (AvgIpc) is 1.65. The van der Waals surface area contributed by atoms with Gasteiger partial charge in [-0.25, -0.2) is 5.84 Å². The van der Waals surface area contributed by atoms with Crippen molar-refractivity contribution < 1.29 is 0 Å². The molecule has 0 aliphatic heterocycles. The topological polar surface area (TPSA) is 50.1 Å². The van der Waals surface area contributed by atoms with Crippen molar-refractivity contribution in [2.24, 2.45) is 5.84 Å². The van der Waals surface area contributed by atoms with Crippen LogP contribution in [0.1, 0.15) is 0 Å². The molecule has 0 bridgehead atoms. The lowest BCUT2D eigenvalue weighted by Gasteiger charge is -1.92. The summed E-state index contributed by atoms with van der Waals surface area (Å²) in [5.74, 6) is 4.74. The molecule has 5 heteroatoms. The Labute approximate surface area is 45.9 Å². The van der Waals surface area contributed by atoms with E-state index in [0.717, 1.165) is 0 Å². The van der Waals surface area contributed by atoms with Gasteiger partial charge in [0.15, 0.2) is 5.11 Å². The highest BCUT2D eigenvalue weighted by molar-refractivity contribution is 7.80. The average molecular weight is 126 g/mol. The van der Waals surface area contributed by atoms with Crippen LogP contribution in [0.25, 0.3) is 0 Å². The molecule has 6 heavy (non-hydrogen) atoms. The molecule has 0 aliphatic rings. The van der Waals surface area contributed by atoms with E-state index in [1.165, 1.54) is 0 Å². The second-order valence-electron chi connectivity index (χ2n) is 0.568. The van der Waals surface area contributed by atoms with E-state index in [1.807, 2.05) is 0 Å². The minimum atomic E-state index is 0.219. The summed E-state index contributed by atoms with van der Waals surface area (Å²) in [4.78, 5) is 2.08. The first-order chi connectivity index (χ1) is 2.81. The van der Waals surface area contributed by atoms with Gasteiger partial charge in [-0.2, -0.15) is 0 Å². The largest absolute Gasteiger partial charge is 0.300 e. The van der Waals surface area contributed by atoms with Crippen LogP contribution in [-0.2, 0) is 0 Å². The maximum Gasteiger partial charge on any atom is 0.195 e. The molecule has 0 atom stereocenters. The molecule has 0 aromatic rings. The fraction of sp³-hybridized carbons (Fsp3) is 0. The van der Waals surface area contributed by atoms with Gasteiger partial charge in [0.1, 0.15) is 0 Å². The van der Waals surface area contributed by atoms with Crippen molar-refractivity contribution in [3.05, 3.63) is 0 Å². The molecule has 0 unspecified atom stereocenters. The second kappa shape index (κ2) is 3.14. The van der Waals surface area contributed by atoms with E-state index in [2.05, 4.69) is 22.5 Å². The van der Waals surface area contributed by atoms with Crippen molar-refractivity contribution in [1.29, 1.82) is 0 Å². The van der Waals surface area contributed by atoms with Crippen molar-refractivity contribution in [3.8, 4) is 0 Å². The van der Waals surface area contributed by atoms with Crippen LogP contribution in [0, 0.1) is 0 Å². The zero-order valence-corrected chi connectivity index (χ0v) is 4.44. The predicted molar refractivity (Wildman–Crippen MR) is 28.9 cm³/mol. The van der Waals surface area contributed by atoms with Crippen molar-refractivity contribution in [3.63, 3.8) is 0 Å². The first-order valence-electron chi connectivity index (χ1n) is 1.18. The summed E-state index contributed by atoms with van der Waals surface area (Å²) in [7, 11) is 0. The van der Waals surface area contributed by atoms with E-state index in [4.69, 9.17) is 17.6 Å². The third kappa shape index (κ3) is 2.19. The van der Waals surface area contributed by atoms with Gasteiger partial charge in [-0.05, 0) is 12.2 Å². The maximum absolute atomic E-state index is 4.92. The molecule has 0 aliphatic carbocycles. The van der Waals surface area contributed by atoms with Gasteiger partial charge in [0.05, 0.1) is 0 Å². The van der Waals surface area contributed by atoms with Crippen LogP contribution in [0.4, 0.5) is 0 Å². The molecule has 0 rings (SSSR count). The summed E-state index contributed by atoms with van der Waals surface area (Å²) in [5.41, 5.74) is 2.10. The second-order valence-corrected chi connectivity index (χ2v) is 1.17. The molecule has 0 spiro atoms. The van der Waals surface area contributed by atoms with E-state index in [1.54, 1.807) is 0 Å². The van der Waals surface area contributed by atoms with Gasteiger partial charge in [-0.3, -0.25) is 4.84 Å². The van der Waals surface area contributed by atoms with Crippen LogP contribution >= 0.6 is 24.0 Å². The number of nitrogens with one attached hydrogen (secondary N) is 2. The number of rotatable bonds is 0. The van der Waals surface area contributed by atoms with Crippen molar-refractivity contribution >= 4 is 29.1 Å². The Balaban J connectivity index is 2.99. The van der Waals surface area contributed by atoms with E-state index in [0.29, 0.717) is 0 Å². The molecule has 0 saturated heterocycles. The fourth-order valence-electron chi connectivity index (χ4n) is 0.0273. The van der Waals surface area contributed by atoms with E-state index in [-0.39, 0.29) is 5.11 Å². The highest BCUT2D eigenvalue weighted by atomic mass is 35.5. The molecule has 0 radical (unpaired) electrons. The number of hydrazine groups is 1. The lowest BCUT2D eigenvalue weighted by Crippen LogP contribution is -2.34. The van der Waals surface area contributed by atoms with Crippen LogP contribution < -0.4 is 16.1 Å². The summed E-state index contributed by atoms with van der Waals surface area (Å²) in [5, 5.41) is 0.219. The van der Waals surface area contributed by atoms with Gasteiger partial charge >= 0.3 is 0 Å². The summed E-state index contributed by atoms with van der Waals surface area (Å²) in [6, 6.07) is 0. The lowest BCUT2D eigenvalue weighted by molar-refractivity contribution is 1.02. The maximum atomic E-state index is 4.92. The lowest BCUT2D eigenvalue weighted by atomic mass is 11.2. The molecule has 4 N–H and O–H groups in total.